The molecule has 7 nitrogen and oxygen atoms in total. The van der Waals surface area contributed by atoms with Gasteiger partial charge < -0.3 is 24.8 Å². The van der Waals surface area contributed by atoms with Crippen LogP contribution in [0.1, 0.15) is 26.7 Å². The van der Waals surface area contributed by atoms with Crippen molar-refractivity contribution in [1.29, 1.82) is 0 Å². The Kier molecular flexibility index (Phi) is 10.7. The lowest BCUT2D eigenvalue weighted by atomic mass is 10.2. The number of methoxy groups -OCH3 is 1. The van der Waals surface area contributed by atoms with Crippen molar-refractivity contribution in [2.45, 2.75) is 32.7 Å². The fraction of sp³-hybridized carbons (Fsp3) is 0.846. The van der Waals surface area contributed by atoms with E-state index >= 15 is 0 Å². The molecule has 0 heterocycles. The Bertz CT molecular complexity index is 286. The first-order chi connectivity index (χ1) is 9.52. The van der Waals surface area contributed by atoms with Crippen LogP contribution in [0, 0.1) is 0 Å². The van der Waals surface area contributed by atoms with Crippen molar-refractivity contribution in [3.63, 3.8) is 0 Å². The highest BCUT2D eigenvalue weighted by Gasteiger charge is 2.20. The van der Waals surface area contributed by atoms with Gasteiger partial charge in [0.1, 0.15) is 6.54 Å². The maximum absolute atomic E-state index is 11.9. The van der Waals surface area contributed by atoms with Gasteiger partial charge in [0.2, 0.25) is 0 Å². The van der Waals surface area contributed by atoms with E-state index in [4.69, 9.17) is 14.6 Å². The number of urea groups is 1. The average Bonchev–Trinajstić information content (AvgIpc) is 2.42. The number of ether oxygens (including phenoxy) is 2. The van der Waals surface area contributed by atoms with Crippen LogP contribution in [0.2, 0.25) is 0 Å². The zero-order valence-electron chi connectivity index (χ0n) is 12.6. The van der Waals surface area contributed by atoms with E-state index in [1.807, 2.05) is 13.8 Å². The lowest BCUT2D eigenvalue weighted by Crippen LogP contribution is -2.47. The molecule has 0 aliphatic heterocycles. The van der Waals surface area contributed by atoms with Crippen LogP contribution in [0.25, 0.3) is 0 Å². The number of aliphatic carboxylic acids is 1. The Hall–Kier alpha value is -1.34. The van der Waals surface area contributed by atoms with Crippen molar-refractivity contribution in [1.82, 2.24) is 10.2 Å². The molecule has 0 saturated carbocycles. The lowest BCUT2D eigenvalue weighted by molar-refractivity contribution is -0.138. The third-order valence-corrected chi connectivity index (χ3v) is 2.86. The third kappa shape index (κ3) is 8.71. The number of carbonyl (C=O) groups is 2. The molecule has 20 heavy (non-hydrogen) atoms. The predicted octanol–water partition coefficient (Wildman–Crippen LogP) is 0.934. The maximum Gasteiger partial charge on any atom is 0.323 e. The summed E-state index contributed by atoms with van der Waals surface area (Å²) in [5, 5.41) is 11.5. The van der Waals surface area contributed by atoms with Crippen LogP contribution in [0.5, 0.6) is 0 Å². The minimum atomic E-state index is -1.01. The average molecular weight is 290 g/mol. The van der Waals surface area contributed by atoms with E-state index in [1.165, 1.54) is 4.90 Å². The summed E-state index contributed by atoms with van der Waals surface area (Å²) < 4.78 is 10.1. The van der Waals surface area contributed by atoms with Crippen LogP contribution in [0.15, 0.2) is 0 Å². The van der Waals surface area contributed by atoms with Gasteiger partial charge in [-0.25, -0.2) is 4.79 Å². The molecule has 118 valence electrons. The largest absolute Gasteiger partial charge is 0.480 e. The van der Waals surface area contributed by atoms with Gasteiger partial charge in [0.15, 0.2) is 0 Å². The first kappa shape index (κ1) is 18.7. The summed E-state index contributed by atoms with van der Waals surface area (Å²) in [6.07, 6.45) is 1.39. The van der Waals surface area contributed by atoms with E-state index < -0.39 is 5.97 Å². The summed E-state index contributed by atoms with van der Waals surface area (Å²) in [5.41, 5.74) is 0. The van der Waals surface area contributed by atoms with Gasteiger partial charge in [0, 0.05) is 26.3 Å². The van der Waals surface area contributed by atoms with Gasteiger partial charge in [0.25, 0.3) is 0 Å². The van der Waals surface area contributed by atoms with Crippen LogP contribution in [-0.4, -0.2) is 68.1 Å². The van der Waals surface area contributed by atoms with E-state index in [-0.39, 0.29) is 18.6 Å². The summed E-state index contributed by atoms with van der Waals surface area (Å²) in [5.74, 6) is -1.01. The highest BCUT2D eigenvalue weighted by Crippen LogP contribution is 2.03. The quantitative estimate of drug-likeness (QED) is 0.553. The third-order valence-electron chi connectivity index (χ3n) is 2.86. The molecular formula is C13H26N2O5. The highest BCUT2D eigenvalue weighted by molar-refractivity contribution is 5.80. The summed E-state index contributed by atoms with van der Waals surface area (Å²) in [6.45, 7) is 5.53. The first-order valence-electron chi connectivity index (χ1n) is 6.85. The molecule has 0 fully saturated rings. The van der Waals surface area contributed by atoms with Gasteiger partial charge in [0.05, 0.1) is 13.2 Å². The fourth-order valence-electron chi connectivity index (χ4n) is 1.51. The van der Waals surface area contributed by atoms with Gasteiger partial charge in [-0.1, -0.05) is 6.92 Å². The number of hydrogen-bond donors (Lipinski definition) is 2. The van der Waals surface area contributed by atoms with Gasteiger partial charge in [-0.3, -0.25) is 4.79 Å². The van der Waals surface area contributed by atoms with Gasteiger partial charge in [-0.2, -0.15) is 0 Å². The van der Waals surface area contributed by atoms with Crippen molar-refractivity contribution in [2.75, 3.05) is 40.0 Å². The number of nitrogens with zero attached hydrogens (tertiary/aromatic N) is 1. The van der Waals surface area contributed by atoms with E-state index in [0.717, 1.165) is 0 Å². The Labute approximate surface area is 120 Å². The number of carbonyl (C=O) groups excluding carboxylic acids is 1. The van der Waals surface area contributed by atoms with E-state index in [9.17, 15) is 9.59 Å². The number of amides is 2. The van der Waals surface area contributed by atoms with Crippen LogP contribution < -0.4 is 5.32 Å². The summed E-state index contributed by atoms with van der Waals surface area (Å²) in [6, 6.07) is -0.456. The predicted molar refractivity (Wildman–Crippen MR) is 74.8 cm³/mol. The van der Waals surface area contributed by atoms with Crippen LogP contribution in [-0.2, 0) is 14.3 Å². The Morgan fingerprint density at radius 2 is 2.00 bits per heavy atom. The molecule has 0 aliphatic rings. The van der Waals surface area contributed by atoms with Crippen molar-refractivity contribution in [3.05, 3.63) is 0 Å². The fourth-order valence-corrected chi connectivity index (χ4v) is 1.51. The van der Waals surface area contributed by atoms with E-state index in [2.05, 4.69) is 5.32 Å². The number of rotatable bonds is 11. The van der Waals surface area contributed by atoms with E-state index in [1.54, 1.807) is 7.11 Å². The molecule has 0 aromatic rings. The molecule has 2 N–H and O–H groups in total. The molecule has 0 rings (SSSR count). The molecule has 0 aromatic carbocycles. The molecule has 0 aromatic heterocycles. The topological polar surface area (TPSA) is 88.1 Å². The van der Waals surface area contributed by atoms with Crippen LogP contribution in [0.4, 0.5) is 4.79 Å². The van der Waals surface area contributed by atoms with E-state index in [0.29, 0.717) is 39.2 Å². The van der Waals surface area contributed by atoms with Crippen molar-refractivity contribution in [3.8, 4) is 0 Å². The summed E-state index contributed by atoms with van der Waals surface area (Å²) in [7, 11) is 1.61. The molecular weight excluding hydrogens is 264 g/mol. The molecule has 0 bridgehead atoms. The molecule has 0 spiro atoms. The normalized spacial score (nSPS) is 11.9. The van der Waals surface area contributed by atoms with Crippen molar-refractivity contribution in [2.24, 2.45) is 0 Å². The monoisotopic (exact) mass is 290 g/mol. The first-order valence-corrected chi connectivity index (χ1v) is 6.85. The Morgan fingerprint density at radius 3 is 2.55 bits per heavy atom. The molecule has 2 amide bonds. The second-order valence-corrected chi connectivity index (χ2v) is 4.47. The summed E-state index contributed by atoms with van der Waals surface area (Å²) in [4.78, 5) is 24.0. The number of carboxylic acid groups (broad SMARTS) is 1. The summed E-state index contributed by atoms with van der Waals surface area (Å²) >= 11 is 0. The minimum absolute atomic E-state index is 0.107. The minimum Gasteiger partial charge on any atom is -0.480 e. The molecule has 0 aliphatic carbocycles. The standard InChI is InChI=1S/C13H26N2O5/c1-4-11(2)15(10-12(16)17)13(18)14-6-5-7-20-9-8-19-3/h11H,4-10H2,1-3H3,(H,14,18)(H,16,17). The van der Waals surface area contributed by atoms with Gasteiger partial charge >= 0.3 is 12.0 Å². The molecule has 0 saturated heterocycles. The second-order valence-electron chi connectivity index (χ2n) is 4.47. The Morgan fingerprint density at radius 1 is 1.30 bits per heavy atom. The zero-order chi connectivity index (χ0) is 15.4. The van der Waals surface area contributed by atoms with Crippen molar-refractivity contribution < 1.29 is 24.2 Å². The van der Waals surface area contributed by atoms with Gasteiger partial charge in [-0.05, 0) is 19.8 Å². The molecule has 7 heteroatoms. The second kappa shape index (κ2) is 11.5. The zero-order valence-corrected chi connectivity index (χ0v) is 12.6. The number of hydrogen-bond acceptors (Lipinski definition) is 4. The van der Waals surface area contributed by atoms with Gasteiger partial charge in [-0.15, -0.1) is 0 Å². The SMILES string of the molecule is CCC(C)N(CC(=O)O)C(=O)NCCCOCCOC. The van der Waals surface area contributed by atoms with Crippen LogP contribution >= 0.6 is 0 Å². The number of nitrogens with one attached hydrogen (secondary N) is 1. The maximum atomic E-state index is 11.9. The lowest BCUT2D eigenvalue weighted by Gasteiger charge is -2.27. The van der Waals surface area contributed by atoms with Crippen molar-refractivity contribution >= 4 is 12.0 Å². The molecule has 0 radical (unpaired) electrons. The number of carboxylic acids is 1. The highest BCUT2D eigenvalue weighted by atomic mass is 16.5. The van der Waals surface area contributed by atoms with Crippen LogP contribution in [0.3, 0.4) is 0 Å². The Balaban J connectivity index is 3.92. The molecule has 1 unspecified atom stereocenters. The smallest absolute Gasteiger partial charge is 0.323 e. The molecule has 1 atom stereocenters.